The summed E-state index contributed by atoms with van der Waals surface area (Å²) in [5.41, 5.74) is 10.9. The summed E-state index contributed by atoms with van der Waals surface area (Å²) >= 11 is 0. The summed E-state index contributed by atoms with van der Waals surface area (Å²) in [6.07, 6.45) is 43.3. The Kier molecular flexibility index (Phi) is 104. The first kappa shape index (κ1) is 149. The van der Waals surface area contributed by atoms with E-state index in [1.54, 1.807) is 21.6 Å². The van der Waals surface area contributed by atoms with Crippen LogP contribution in [0.5, 0.6) is 0 Å². The summed E-state index contributed by atoms with van der Waals surface area (Å²) in [6.45, 7) is 94.3. The van der Waals surface area contributed by atoms with Crippen LogP contribution >= 0.6 is 64.8 Å². The number of anilines is 1. The molecule has 14 nitrogen and oxygen atoms in total. The van der Waals surface area contributed by atoms with E-state index in [4.69, 9.17) is 19.9 Å². The van der Waals surface area contributed by atoms with Crippen LogP contribution in [0.4, 0.5) is 5.69 Å². The first-order valence-corrected chi connectivity index (χ1v) is 66.6. The van der Waals surface area contributed by atoms with Gasteiger partial charge < -0.3 is 60.3 Å². The highest BCUT2D eigenvalue weighted by Gasteiger charge is 2.25. The van der Waals surface area contributed by atoms with Crippen LogP contribution in [0.2, 0.25) is 0 Å². The lowest BCUT2D eigenvalue weighted by atomic mass is 9.85. The number of nitrogens with two attached hydrogens (primary N) is 1. The number of nitrogen functional groups attached to an aromatic ring is 1. The zero-order valence-electron chi connectivity index (χ0n) is 103. The Bertz CT molecular complexity index is 3540. The molecule has 5 aromatic rings. The minimum absolute atomic E-state index is 0.192. The number of ether oxygens (including phenoxy) is 3. The summed E-state index contributed by atoms with van der Waals surface area (Å²) in [6, 6.07) is 35.3. The number of imidazole rings is 1. The fourth-order valence-electron chi connectivity index (χ4n) is 16.0. The summed E-state index contributed by atoms with van der Waals surface area (Å²) in [4.78, 5) is 21.0. The molecule has 4 aliphatic heterocycles. The lowest BCUT2D eigenvalue weighted by Gasteiger charge is -2.32. The summed E-state index contributed by atoms with van der Waals surface area (Å²) in [7, 11) is 13.4. The Hall–Kier alpha value is -2.74. The van der Waals surface area contributed by atoms with Crippen molar-refractivity contribution in [2.45, 2.75) is 458 Å². The molecule has 0 amide bonds. The molecule has 864 valence electrons. The second kappa shape index (κ2) is 103. The number of likely N-dealkylation sites (N-methyl/N-ethyl adjacent to an activating group) is 1. The largest absolute Gasteiger partial charge is 0.398 e. The monoisotopic (exact) mass is 2180 g/mol. The third-order valence-corrected chi connectivity index (χ3v) is 33.6. The van der Waals surface area contributed by atoms with Crippen molar-refractivity contribution in [3.63, 3.8) is 0 Å². The average molecular weight is 2180 g/mol. The molecule has 0 radical (unpaired) electrons. The van der Waals surface area contributed by atoms with Crippen molar-refractivity contribution in [2.75, 3.05) is 143 Å². The van der Waals surface area contributed by atoms with Crippen LogP contribution in [0, 0.1) is 83.9 Å². The minimum Gasteiger partial charge on any atom is -0.398 e. The van der Waals surface area contributed by atoms with Gasteiger partial charge in [0.15, 0.2) is 0 Å². The van der Waals surface area contributed by atoms with Crippen LogP contribution in [-0.4, -0.2) is 191 Å². The maximum absolute atomic E-state index is 9.59. The Morgan fingerprint density at radius 2 is 0.980 bits per heavy atom. The van der Waals surface area contributed by atoms with E-state index in [9.17, 15) is 5.11 Å². The van der Waals surface area contributed by atoms with Crippen LogP contribution in [-0.2, 0) is 20.8 Å². The van der Waals surface area contributed by atoms with Gasteiger partial charge in [-0.05, 0) is 344 Å². The van der Waals surface area contributed by atoms with Gasteiger partial charge in [-0.1, -0.05) is 378 Å². The van der Waals surface area contributed by atoms with Crippen molar-refractivity contribution >= 4 is 76.7 Å². The third-order valence-electron chi connectivity index (χ3n) is 26.0. The number of rotatable bonds is 59. The Morgan fingerprint density at radius 1 is 0.466 bits per heavy atom. The Morgan fingerprint density at radius 3 is 1.45 bits per heavy atom. The fraction of sp³-hybridized carbons (Fsp3) is 0.781. The molecule has 0 spiro atoms. The summed E-state index contributed by atoms with van der Waals surface area (Å²) in [5.74, 6) is 14.3. The van der Waals surface area contributed by atoms with Crippen molar-refractivity contribution in [1.82, 2.24) is 40.2 Å². The van der Waals surface area contributed by atoms with Crippen molar-refractivity contribution in [3.8, 4) is 0 Å². The molecule has 5 heterocycles. The van der Waals surface area contributed by atoms with E-state index in [2.05, 4.69) is 359 Å². The van der Waals surface area contributed by atoms with Crippen molar-refractivity contribution < 1.29 is 19.3 Å². The molecule has 3 fully saturated rings. The highest BCUT2D eigenvalue weighted by atomic mass is 33.1. The molecule has 1 aromatic heterocycles. The topological polar surface area (TPSA) is 150 Å². The van der Waals surface area contributed by atoms with Crippen molar-refractivity contribution in [3.05, 3.63) is 132 Å². The molecule has 0 bridgehead atoms. The number of aliphatic hydroxyl groups is 1. The van der Waals surface area contributed by atoms with Gasteiger partial charge in [-0.2, -0.15) is 0 Å². The fourth-order valence-corrected chi connectivity index (χ4v) is 22.9. The number of likely N-dealkylation sites (tertiary alicyclic amines) is 1. The van der Waals surface area contributed by atoms with Gasteiger partial charge in [-0.3, -0.25) is 4.99 Å². The highest BCUT2D eigenvalue weighted by Crippen LogP contribution is 2.43. The minimum atomic E-state index is -0.192. The zero-order valence-corrected chi connectivity index (χ0v) is 108. The van der Waals surface area contributed by atoms with Crippen molar-refractivity contribution in [2.24, 2.45) is 81.9 Å². The molecule has 20 heteroatoms. The van der Waals surface area contributed by atoms with Gasteiger partial charge in [-0.15, -0.1) is 0 Å². The van der Waals surface area contributed by atoms with Gasteiger partial charge in [0.05, 0.1) is 38.9 Å². The first-order chi connectivity index (χ1) is 70.6. The molecule has 9 rings (SSSR count). The maximum Gasteiger partial charge on any atom is 0.0945 e. The molecule has 6 N–H and O–H groups in total. The number of hydrogen-bond donors (Lipinski definition) is 5. The lowest BCUT2D eigenvalue weighted by molar-refractivity contribution is 0.0129. The Labute approximate surface area is 943 Å². The molecule has 6 unspecified atom stereocenters. The molecule has 4 aliphatic rings. The number of nitrogens with one attached hydrogen (secondary N) is 3. The standard InChI is InChI=1S/C16H18S2.C15H17NS2.C12H26O3.C11H24N2.C10H22N2O.C10H21N.C10H22.C9H16N2.C9H17N.C9H21N.C9H20.C8H18S2/c1-12(2)14-6-10-16(11-7-14)18-17-15-8-4-13(3)5-9-15;1-11(2)12-7-3-5-9-14(12)17-18-15-10-6-4-8-13(15)16;1-4-6-13-8-10-15-11-9-14-7-5-12(2)3;1-11(2)5-4-6-13-9-7-12(3)8-10-13;1-7(2)10(8(3)13)4-9-5-11-6-12-9;1-10(2)6-5-9-11-7-3-4-8-11;1-5-6-7-10(4)8-9(2)3;1-9(2)4-3-6-11-7-5-10-8-11;1-8(2)5-6-9-4-3-7-10-9;1-4-7-10-8-5-6-9(2)3;1-5-9(4)7-6-8(2)3;1-4-6-9-10-7-5-8(2)3/h4-12H,1-3H3;3-11H,16H2,1-2H3;12H,4-11H2,1-3H3;11H,4-10H2,1-3H3;7-13H,4-6H2,1-3H3;10H,3-9H2,1-2H3;9-10H,5-8H2,1-4H3;5,7-9H,3-4,6H2,1-2H3;7-9H,3-6H2,1-2H3;9-10H,4-8H2,1-3H3;8-9H,5-7H2,1-4H3;8H,4-7H2,1-3H3. The molecule has 0 aliphatic carbocycles. The number of aromatic nitrogens is 2. The number of piperazine rings is 1. The summed E-state index contributed by atoms with van der Waals surface area (Å²) < 4.78 is 18.1. The maximum atomic E-state index is 9.59. The van der Waals surface area contributed by atoms with Gasteiger partial charge >= 0.3 is 0 Å². The normalized spacial score (nSPS) is 15.3. The molecule has 148 heavy (non-hydrogen) atoms. The van der Waals surface area contributed by atoms with Crippen LogP contribution in [0.25, 0.3) is 0 Å². The quantitative estimate of drug-likeness (QED) is 0.0143. The summed E-state index contributed by atoms with van der Waals surface area (Å²) in [5, 5.41) is 19.6. The number of aliphatic imine (C=N–C) groups is 1. The van der Waals surface area contributed by atoms with Gasteiger partial charge in [0, 0.05) is 120 Å². The average Bonchev–Trinajstić information content (AvgIpc) is 1.05. The van der Waals surface area contributed by atoms with E-state index in [0.717, 1.165) is 122 Å². The number of aryl methyl sites for hydroxylation is 2. The molecule has 3 saturated heterocycles. The Balaban J connectivity index is -0.00000156. The molecule has 6 atom stereocenters. The number of unbranched alkanes of at least 4 members (excludes halogenated alkanes) is 1. The van der Waals surface area contributed by atoms with Crippen LogP contribution in [0.1, 0.15) is 423 Å². The number of aliphatic hydroxyl groups excluding tert-OH is 1. The molecular weight excluding hydrogens is 1930 g/mol. The first-order valence-electron chi connectivity index (χ1n) is 59.8. The van der Waals surface area contributed by atoms with E-state index in [0.29, 0.717) is 68.1 Å². The van der Waals surface area contributed by atoms with E-state index in [-0.39, 0.29) is 6.10 Å². The number of nitrogens with zero attached hydrogens (tertiary/aromatic N) is 6. The number of benzene rings is 4. The van der Waals surface area contributed by atoms with Crippen LogP contribution < -0.4 is 21.7 Å². The van der Waals surface area contributed by atoms with Crippen LogP contribution in [0.15, 0.2) is 140 Å². The SMILES string of the molecule is CC(C)C(CC1CNCN1)C(C)O.CC(C)CCC1CCC=N1.CC(C)CCCN1CCCC1.CC(C)CCCN1CCN(C)CC1.CC(C)CCCn1ccnc1.CC(C)c1ccccc1SSc1ccccc1N.CCC(C)CCC(C)C.CCCCC(C)CC(C)C.CCCNCCCC(C)C.CCCOCCOCCOCCC(C)C.CCCSSCCC(C)C.Cc1ccc(SSc2ccc(C(C)C)cc2)cc1. The second-order valence-electron chi connectivity index (χ2n) is 46.6. The number of hydrogen-bond acceptors (Lipinski definition) is 19. The van der Waals surface area contributed by atoms with Gasteiger partial charge in [0.1, 0.15) is 0 Å². The predicted molar refractivity (Wildman–Crippen MR) is 676 cm³/mol. The van der Waals surface area contributed by atoms with E-state index in [1.807, 2.05) is 87.0 Å². The third kappa shape index (κ3) is 98.9. The van der Waals surface area contributed by atoms with Gasteiger partial charge in [-0.25, -0.2) is 4.98 Å². The van der Waals surface area contributed by atoms with E-state index >= 15 is 0 Å². The number of para-hydroxylation sites is 1. The molecular formula is C128H242N10O4S6. The van der Waals surface area contributed by atoms with Crippen molar-refractivity contribution in [1.29, 1.82) is 0 Å². The smallest absolute Gasteiger partial charge is 0.0945 e. The zero-order chi connectivity index (χ0) is 111. The van der Waals surface area contributed by atoms with Crippen LogP contribution in [0.3, 0.4) is 0 Å². The van der Waals surface area contributed by atoms with Gasteiger partial charge in [0.2, 0.25) is 0 Å². The molecule has 4 aromatic carbocycles. The van der Waals surface area contributed by atoms with E-state index in [1.165, 1.54) is 262 Å². The predicted octanol–water partition coefficient (Wildman–Crippen LogP) is 36.9. The molecule has 0 saturated carbocycles. The lowest BCUT2D eigenvalue weighted by Crippen LogP contribution is -2.44. The second-order valence-corrected chi connectivity index (χ2v) is 53.8. The highest BCUT2D eigenvalue weighted by molar-refractivity contribution is 8.77. The van der Waals surface area contributed by atoms with E-state index < -0.39 is 0 Å². The van der Waals surface area contributed by atoms with Gasteiger partial charge in [0.25, 0.3) is 0 Å².